The van der Waals surface area contributed by atoms with Gasteiger partial charge in [-0.3, -0.25) is 4.79 Å². The Labute approximate surface area is 95.6 Å². The van der Waals surface area contributed by atoms with E-state index in [1.807, 2.05) is 20.8 Å². The van der Waals surface area contributed by atoms with Gasteiger partial charge in [0.15, 0.2) is 11.4 Å². The van der Waals surface area contributed by atoms with Gasteiger partial charge in [0.25, 0.3) is 0 Å². The van der Waals surface area contributed by atoms with Crippen LogP contribution in [-0.2, 0) is 0 Å². The van der Waals surface area contributed by atoms with Crippen LogP contribution in [0.1, 0.15) is 40.9 Å². The van der Waals surface area contributed by atoms with Gasteiger partial charge in [-0.15, -0.1) is 0 Å². The van der Waals surface area contributed by atoms with Gasteiger partial charge in [-0.2, -0.15) is 0 Å². The number of ketones is 1. The van der Waals surface area contributed by atoms with Gasteiger partial charge in [-0.05, 0) is 51.3 Å². The largest absolute Gasteiger partial charge is 0.477 e. The Morgan fingerprint density at radius 3 is 2.19 bits per heavy atom. The number of benzene rings is 1. The number of ether oxygens (including phenoxy) is 1. The lowest BCUT2D eigenvalue weighted by Crippen LogP contribution is -2.32. The summed E-state index contributed by atoms with van der Waals surface area (Å²) in [6, 6.07) is 0. The smallest absolute Gasteiger partial charge is 0.209 e. The van der Waals surface area contributed by atoms with E-state index in [1.54, 1.807) is 13.8 Å². The molecule has 0 atom stereocenters. The number of nitrogen functional groups attached to an aromatic ring is 1. The molecular weight excluding hydrogens is 202 g/mol. The zero-order valence-corrected chi connectivity index (χ0v) is 10.4. The average Bonchev–Trinajstić information content (AvgIpc) is 2.45. The summed E-state index contributed by atoms with van der Waals surface area (Å²) < 4.78 is 5.68. The van der Waals surface area contributed by atoms with Gasteiger partial charge in [0.2, 0.25) is 5.78 Å². The molecule has 0 fully saturated rings. The Morgan fingerprint density at radius 2 is 1.62 bits per heavy atom. The third kappa shape index (κ3) is 1.17. The van der Waals surface area contributed by atoms with Crippen LogP contribution in [0.15, 0.2) is 0 Å². The summed E-state index contributed by atoms with van der Waals surface area (Å²) in [7, 11) is 0. The molecular formula is C13H17NO2. The molecule has 0 spiro atoms. The lowest BCUT2D eigenvalue weighted by molar-refractivity contribution is 0.0685. The topological polar surface area (TPSA) is 52.3 Å². The van der Waals surface area contributed by atoms with Gasteiger partial charge < -0.3 is 10.5 Å². The predicted octanol–water partition coefficient (Wildman–Crippen LogP) is 2.55. The minimum atomic E-state index is -0.790. The Hall–Kier alpha value is -1.51. The molecule has 3 nitrogen and oxygen atoms in total. The third-order valence-electron chi connectivity index (χ3n) is 3.51. The molecule has 1 aromatic rings. The van der Waals surface area contributed by atoms with Crippen LogP contribution in [0.3, 0.4) is 0 Å². The molecule has 0 aliphatic carbocycles. The number of carbonyl (C=O) groups excluding carboxylic acids is 1. The molecule has 16 heavy (non-hydrogen) atoms. The van der Waals surface area contributed by atoms with E-state index in [2.05, 4.69) is 0 Å². The standard InChI is InChI=1S/C13H17NO2/c1-6-7(2)9-11(10(14)8(6)3)16-13(4,5)12(9)15/h14H2,1-5H3. The van der Waals surface area contributed by atoms with Gasteiger partial charge in [0.05, 0.1) is 11.3 Å². The molecule has 86 valence electrons. The number of carbonyl (C=O) groups is 1. The molecule has 0 radical (unpaired) electrons. The molecule has 1 aliphatic rings. The molecule has 2 rings (SSSR count). The molecule has 0 aromatic heterocycles. The Kier molecular flexibility index (Phi) is 2.06. The highest BCUT2D eigenvalue weighted by Crippen LogP contribution is 2.44. The maximum Gasteiger partial charge on any atom is 0.209 e. The summed E-state index contributed by atoms with van der Waals surface area (Å²) in [5, 5.41) is 0. The van der Waals surface area contributed by atoms with Crippen molar-refractivity contribution in [2.45, 2.75) is 40.2 Å². The number of rotatable bonds is 0. The molecule has 1 heterocycles. The van der Waals surface area contributed by atoms with Crippen molar-refractivity contribution >= 4 is 11.5 Å². The van der Waals surface area contributed by atoms with E-state index >= 15 is 0 Å². The van der Waals surface area contributed by atoms with Crippen molar-refractivity contribution in [2.75, 3.05) is 5.73 Å². The Morgan fingerprint density at radius 1 is 1.06 bits per heavy atom. The lowest BCUT2D eigenvalue weighted by Gasteiger charge is -2.16. The van der Waals surface area contributed by atoms with Gasteiger partial charge in [0.1, 0.15) is 0 Å². The summed E-state index contributed by atoms with van der Waals surface area (Å²) in [5.74, 6) is 0.588. The molecule has 2 N–H and O–H groups in total. The van der Waals surface area contributed by atoms with Gasteiger partial charge in [-0.1, -0.05) is 0 Å². The molecule has 1 aliphatic heterocycles. The monoisotopic (exact) mass is 219 g/mol. The zero-order chi connectivity index (χ0) is 12.2. The molecule has 0 bridgehead atoms. The highest BCUT2D eigenvalue weighted by molar-refractivity contribution is 6.10. The first-order chi connectivity index (χ1) is 7.27. The van der Waals surface area contributed by atoms with Crippen molar-refractivity contribution in [1.29, 1.82) is 0 Å². The summed E-state index contributed by atoms with van der Waals surface area (Å²) >= 11 is 0. The number of hydrogen-bond donors (Lipinski definition) is 1. The van der Waals surface area contributed by atoms with Crippen LogP contribution in [0, 0.1) is 20.8 Å². The van der Waals surface area contributed by atoms with Crippen molar-refractivity contribution < 1.29 is 9.53 Å². The van der Waals surface area contributed by atoms with E-state index in [4.69, 9.17) is 10.5 Å². The van der Waals surface area contributed by atoms with Crippen molar-refractivity contribution in [3.8, 4) is 5.75 Å². The van der Waals surface area contributed by atoms with Crippen molar-refractivity contribution in [2.24, 2.45) is 0 Å². The number of hydrogen-bond acceptors (Lipinski definition) is 3. The highest BCUT2D eigenvalue weighted by Gasteiger charge is 2.42. The first-order valence-corrected chi connectivity index (χ1v) is 5.40. The van der Waals surface area contributed by atoms with Gasteiger partial charge >= 0.3 is 0 Å². The Bertz CT molecular complexity index is 501. The number of anilines is 1. The van der Waals surface area contributed by atoms with Crippen LogP contribution in [0.25, 0.3) is 0 Å². The highest BCUT2D eigenvalue weighted by atomic mass is 16.5. The van der Waals surface area contributed by atoms with Crippen molar-refractivity contribution in [3.05, 3.63) is 22.3 Å². The molecule has 0 amide bonds. The second-order valence-corrected chi connectivity index (χ2v) is 4.93. The van der Waals surface area contributed by atoms with Crippen molar-refractivity contribution in [1.82, 2.24) is 0 Å². The zero-order valence-electron chi connectivity index (χ0n) is 10.4. The minimum Gasteiger partial charge on any atom is -0.477 e. The quantitative estimate of drug-likeness (QED) is 0.682. The number of Topliss-reactive ketones (excluding diaryl/α,β-unsaturated/α-hetero) is 1. The van der Waals surface area contributed by atoms with E-state index in [0.717, 1.165) is 16.7 Å². The maximum atomic E-state index is 12.2. The predicted molar refractivity (Wildman–Crippen MR) is 64.1 cm³/mol. The Balaban J connectivity index is 2.82. The molecule has 3 heteroatoms. The van der Waals surface area contributed by atoms with Crippen LogP contribution in [-0.4, -0.2) is 11.4 Å². The number of fused-ring (bicyclic) bond motifs is 1. The van der Waals surface area contributed by atoms with E-state index in [0.29, 0.717) is 17.0 Å². The molecule has 0 saturated carbocycles. The number of nitrogens with two attached hydrogens (primary N) is 1. The van der Waals surface area contributed by atoms with Crippen LogP contribution in [0.2, 0.25) is 0 Å². The van der Waals surface area contributed by atoms with Gasteiger partial charge in [0, 0.05) is 0 Å². The fourth-order valence-electron chi connectivity index (χ4n) is 2.13. The summed E-state index contributed by atoms with van der Waals surface area (Å²) in [6.07, 6.45) is 0. The first kappa shape index (κ1) is 11.0. The second-order valence-electron chi connectivity index (χ2n) is 4.93. The molecule has 0 saturated heterocycles. The van der Waals surface area contributed by atoms with E-state index < -0.39 is 5.60 Å². The normalized spacial score (nSPS) is 17.2. The first-order valence-electron chi connectivity index (χ1n) is 5.40. The molecule has 0 unspecified atom stereocenters. The second kappa shape index (κ2) is 3.00. The van der Waals surface area contributed by atoms with Crippen LogP contribution in [0.5, 0.6) is 5.75 Å². The van der Waals surface area contributed by atoms with Crippen LogP contribution < -0.4 is 10.5 Å². The third-order valence-corrected chi connectivity index (χ3v) is 3.51. The summed E-state index contributed by atoms with van der Waals surface area (Å²) in [6.45, 7) is 9.44. The van der Waals surface area contributed by atoms with Crippen molar-refractivity contribution in [3.63, 3.8) is 0 Å². The van der Waals surface area contributed by atoms with Crippen LogP contribution in [0.4, 0.5) is 5.69 Å². The van der Waals surface area contributed by atoms with E-state index in [9.17, 15) is 4.79 Å². The van der Waals surface area contributed by atoms with E-state index in [-0.39, 0.29) is 5.78 Å². The fraction of sp³-hybridized carbons (Fsp3) is 0.462. The fourth-order valence-corrected chi connectivity index (χ4v) is 2.13. The SMILES string of the molecule is Cc1c(C)c(N)c2c(c1C)C(=O)C(C)(C)O2. The maximum absolute atomic E-state index is 12.2. The average molecular weight is 219 g/mol. The van der Waals surface area contributed by atoms with Crippen LogP contribution >= 0.6 is 0 Å². The summed E-state index contributed by atoms with van der Waals surface area (Å²) in [5.41, 5.74) is 9.53. The van der Waals surface area contributed by atoms with E-state index in [1.165, 1.54) is 0 Å². The summed E-state index contributed by atoms with van der Waals surface area (Å²) in [4.78, 5) is 12.2. The minimum absolute atomic E-state index is 0.0230. The molecule has 1 aromatic carbocycles. The lowest BCUT2D eigenvalue weighted by atomic mass is 9.91. The van der Waals surface area contributed by atoms with Gasteiger partial charge in [-0.25, -0.2) is 0 Å².